The first-order valence-electron chi connectivity index (χ1n) is 8.95. The summed E-state index contributed by atoms with van der Waals surface area (Å²) in [4.78, 5) is 32.8. The highest BCUT2D eigenvalue weighted by molar-refractivity contribution is 6.09. The van der Waals surface area contributed by atoms with Gasteiger partial charge in [0.15, 0.2) is 5.78 Å². The van der Waals surface area contributed by atoms with Gasteiger partial charge in [0.05, 0.1) is 0 Å². The number of aryl methyl sites for hydroxylation is 1. The van der Waals surface area contributed by atoms with E-state index in [0.717, 1.165) is 5.56 Å². The molecule has 3 aromatic rings. The number of carbonyl (C=O) groups excluding carboxylic acids is 2. The lowest BCUT2D eigenvalue weighted by Gasteiger charge is -2.24. The summed E-state index contributed by atoms with van der Waals surface area (Å²) in [6, 6.07) is 19.0. The fourth-order valence-electron chi connectivity index (χ4n) is 2.89. The van der Waals surface area contributed by atoms with Gasteiger partial charge in [0.1, 0.15) is 11.4 Å². The first-order valence-corrected chi connectivity index (χ1v) is 8.95. The molecule has 0 aliphatic rings. The van der Waals surface area contributed by atoms with Crippen LogP contribution in [0.3, 0.4) is 0 Å². The molecule has 3 rings (SSSR count). The molecular formula is C22H19N5O2. The van der Waals surface area contributed by atoms with Crippen LogP contribution in [0.4, 0.5) is 5.82 Å². The average Bonchev–Trinajstić information content (AvgIpc) is 2.75. The third kappa shape index (κ3) is 4.15. The van der Waals surface area contributed by atoms with Crippen molar-refractivity contribution in [3.8, 4) is 0 Å². The van der Waals surface area contributed by atoms with E-state index in [9.17, 15) is 9.59 Å². The van der Waals surface area contributed by atoms with Gasteiger partial charge in [-0.3, -0.25) is 9.59 Å². The van der Waals surface area contributed by atoms with Crippen LogP contribution in [0.2, 0.25) is 0 Å². The van der Waals surface area contributed by atoms with Crippen LogP contribution in [-0.2, 0) is 10.3 Å². The number of pyridine rings is 1. The molecule has 0 spiro atoms. The average molecular weight is 385 g/mol. The van der Waals surface area contributed by atoms with Crippen LogP contribution in [0, 0.1) is 6.92 Å². The molecule has 0 aliphatic heterocycles. The number of aromatic nitrogens is 1. The molecule has 1 heterocycles. The van der Waals surface area contributed by atoms with Crippen molar-refractivity contribution in [2.75, 3.05) is 5.32 Å². The lowest BCUT2D eigenvalue weighted by Crippen LogP contribution is -2.36. The number of amides is 1. The Hall–Kier alpha value is -3.96. The van der Waals surface area contributed by atoms with Gasteiger partial charge < -0.3 is 5.32 Å². The Morgan fingerprint density at radius 3 is 2.45 bits per heavy atom. The second kappa shape index (κ2) is 8.37. The van der Waals surface area contributed by atoms with Crippen molar-refractivity contribution in [2.45, 2.75) is 19.4 Å². The molecule has 2 aromatic carbocycles. The van der Waals surface area contributed by atoms with Gasteiger partial charge in [-0.05, 0) is 42.6 Å². The molecule has 0 bridgehead atoms. The van der Waals surface area contributed by atoms with Gasteiger partial charge in [0.25, 0.3) is 0 Å². The lowest BCUT2D eigenvalue weighted by molar-refractivity contribution is -0.120. The quantitative estimate of drug-likeness (QED) is 0.285. The molecule has 0 aliphatic carbocycles. The number of nitrogens with zero attached hydrogens (tertiary/aromatic N) is 4. The summed E-state index contributed by atoms with van der Waals surface area (Å²) < 4.78 is 0. The zero-order valence-corrected chi connectivity index (χ0v) is 16.0. The zero-order valence-electron chi connectivity index (χ0n) is 16.0. The molecule has 0 radical (unpaired) electrons. The number of hydrogen-bond acceptors (Lipinski definition) is 4. The van der Waals surface area contributed by atoms with E-state index in [-0.39, 0.29) is 5.78 Å². The second-order valence-electron chi connectivity index (χ2n) is 6.66. The number of ketones is 1. The maximum absolute atomic E-state index is 13.0. The Kier molecular flexibility index (Phi) is 5.71. The third-order valence-corrected chi connectivity index (χ3v) is 4.65. The Bertz CT molecular complexity index is 1110. The number of anilines is 1. The molecule has 7 nitrogen and oxygen atoms in total. The smallest absolute Gasteiger partial charge is 0.241 e. The maximum atomic E-state index is 13.0. The van der Waals surface area contributed by atoms with E-state index in [1.807, 2.05) is 19.1 Å². The number of benzene rings is 2. The van der Waals surface area contributed by atoms with Crippen LogP contribution in [0.15, 0.2) is 78.0 Å². The summed E-state index contributed by atoms with van der Waals surface area (Å²) in [5.74, 6) is -0.341. The van der Waals surface area contributed by atoms with Crippen molar-refractivity contribution in [2.24, 2.45) is 5.11 Å². The van der Waals surface area contributed by atoms with E-state index < -0.39 is 11.4 Å². The summed E-state index contributed by atoms with van der Waals surface area (Å²) >= 11 is 0. The van der Waals surface area contributed by atoms with Crippen LogP contribution in [-0.4, -0.2) is 16.7 Å². The Balaban J connectivity index is 1.98. The van der Waals surface area contributed by atoms with E-state index in [2.05, 4.69) is 20.3 Å². The van der Waals surface area contributed by atoms with Crippen molar-refractivity contribution in [1.29, 1.82) is 0 Å². The van der Waals surface area contributed by atoms with Gasteiger partial charge in [-0.15, -0.1) is 0 Å². The Labute approximate surface area is 168 Å². The molecule has 0 saturated carbocycles. The molecule has 29 heavy (non-hydrogen) atoms. The number of hydrogen-bond donors (Lipinski definition) is 1. The molecular weight excluding hydrogens is 366 g/mol. The van der Waals surface area contributed by atoms with Crippen molar-refractivity contribution in [3.05, 3.63) is 106 Å². The highest BCUT2D eigenvalue weighted by atomic mass is 16.2. The fourth-order valence-corrected chi connectivity index (χ4v) is 2.89. The molecule has 1 atom stereocenters. The van der Waals surface area contributed by atoms with Gasteiger partial charge >= 0.3 is 0 Å². The van der Waals surface area contributed by atoms with Gasteiger partial charge in [-0.2, -0.15) is 0 Å². The Morgan fingerprint density at radius 1 is 1.03 bits per heavy atom. The molecule has 144 valence electrons. The summed E-state index contributed by atoms with van der Waals surface area (Å²) in [6.07, 6.45) is 1.56. The summed E-state index contributed by atoms with van der Waals surface area (Å²) in [7, 11) is 0. The van der Waals surface area contributed by atoms with E-state index in [1.54, 1.807) is 60.8 Å². The number of nitrogens with one attached hydrogen (secondary N) is 1. The van der Waals surface area contributed by atoms with Gasteiger partial charge in [-0.25, -0.2) is 4.98 Å². The standard InChI is InChI=1S/C22H19N5O2/c1-15-8-7-13-24-20(15)25-21(29)22(2,26-27-23)18-12-6-11-17(14-18)19(28)16-9-4-3-5-10-16/h3-14H,1-2H3,(H,24,25,29). The van der Waals surface area contributed by atoms with Crippen molar-refractivity contribution < 1.29 is 9.59 Å². The van der Waals surface area contributed by atoms with E-state index in [4.69, 9.17) is 5.53 Å². The van der Waals surface area contributed by atoms with Crippen LogP contribution in [0.5, 0.6) is 0 Å². The molecule has 0 fully saturated rings. The largest absolute Gasteiger partial charge is 0.310 e. The molecule has 1 aromatic heterocycles. The normalized spacial score (nSPS) is 12.3. The number of azide groups is 1. The molecule has 1 unspecified atom stereocenters. The van der Waals surface area contributed by atoms with Gasteiger partial charge in [-0.1, -0.05) is 59.7 Å². The highest BCUT2D eigenvalue weighted by Crippen LogP contribution is 2.29. The summed E-state index contributed by atoms with van der Waals surface area (Å²) in [5, 5.41) is 6.47. The Morgan fingerprint density at radius 2 is 1.76 bits per heavy atom. The lowest BCUT2D eigenvalue weighted by atomic mass is 9.89. The van der Waals surface area contributed by atoms with E-state index >= 15 is 0 Å². The van der Waals surface area contributed by atoms with Gasteiger partial charge in [0.2, 0.25) is 5.91 Å². The van der Waals surface area contributed by atoms with Crippen LogP contribution in [0.1, 0.15) is 34.0 Å². The van der Waals surface area contributed by atoms with Crippen LogP contribution in [0.25, 0.3) is 10.4 Å². The van der Waals surface area contributed by atoms with E-state index in [1.165, 1.54) is 6.92 Å². The fraction of sp³-hybridized carbons (Fsp3) is 0.136. The summed E-state index contributed by atoms with van der Waals surface area (Å²) in [6.45, 7) is 3.32. The predicted molar refractivity (Wildman–Crippen MR) is 110 cm³/mol. The predicted octanol–water partition coefficient (Wildman–Crippen LogP) is 4.79. The molecule has 1 amide bonds. The minimum absolute atomic E-state index is 0.184. The number of carbonyl (C=O) groups is 2. The summed E-state index contributed by atoms with van der Waals surface area (Å²) in [5.41, 5.74) is 9.63. The minimum Gasteiger partial charge on any atom is -0.310 e. The molecule has 0 saturated heterocycles. The van der Waals surface area contributed by atoms with Crippen LogP contribution < -0.4 is 5.32 Å². The SMILES string of the molecule is Cc1cccnc1NC(=O)C(C)(N=[N+]=[N-])c1cccc(C(=O)c2ccccc2)c1. The topological polar surface area (TPSA) is 108 Å². The highest BCUT2D eigenvalue weighted by Gasteiger charge is 2.35. The van der Waals surface area contributed by atoms with E-state index in [0.29, 0.717) is 22.5 Å². The maximum Gasteiger partial charge on any atom is 0.241 e. The van der Waals surface area contributed by atoms with Crippen molar-refractivity contribution >= 4 is 17.5 Å². The van der Waals surface area contributed by atoms with Crippen molar-refractivity contribution in [1.82, 2.24) is 4.98 Å². The van der Waals surface area contributed by atoms with Crippen LogP contribution >= 0.6 is 0 Å². The molecule has 7 heteroatoms. The zero-order chi connectivity index (χ0) is 20.9. The third-order valence-electron chi connectivity index (χ3n) is 4.65. The van der Waals surface area contributed by atoms with Gasteiger partial charge in [0, 0.05) is 22.2 Å². The van der Waals surface area contributed by atoms with Crippen molar-refractivity contribution in [3.63, 3.8) is 0 Å². The molecule has 1 N–H and O–H groups in total. The minimum atomic E-state index is -1.56. The number of rotatable bonds is 6. The monoisotopic (exact) mass is 385 g/mol. The first-order chi connectivity index (χ1) is 14.0. The first kappa shape index (κ1) is 19.8. The second-order valence-corrected chi connectivity index (χ2v) is 6.66.